The molecular formula is C19H24N2O3S. The molecule has 0 radical (unpaired) electrons. The summed E-state index contributed by atoms with van der Waals surface area (Å²) in [5.41, 5.74) is 3.38. The molecule has 0 spiro atoms. The van der Waals surface area contributed by atoms with Crippen molar-refractivity contribution in [2.45, 2.75) is 13.0 Å². The smallest absolute Gasteiger partial charge is 0.341 e. The maximum Gasteiger partial charge on any atom is 0.341 e. The normalized spacial score (nSPS) is 16.5. The Hall–Kier alpha value is -1.89. The monoisotopic (exact) mass is 360 g/mol. The highest BCUT2D eigenvalue weighted by Gasteiger charge is 2.16. The van der Waals surface area contributed by atoms with E-state index in [0.29, 0.717) is 5.75 Å². The third-order valence-electron chi connectivity index (χ3n) is 4.47. The predicted molar refractivity (Wildman–Crippen MR) is 100 cm³/mol. The molecule has 0 atom stereocenters. The first-order valence-electron chi connectivity index (χ1n) is 8.53. The molecule has 2 aromatic rings. The Kier molecular flexibility index (Phi) is 6.07. The second-order valence-electron chi connectivity index (χ2n) is 6.45. The average Bonchev–Trinajstić information content (AvgIpc) is 3.05. The lowest BCUT2D eigenvalue weighted by Crippen LogP contribution is -2.28. The highest BCUT2D eigenvalue weighted by atomic mass is 32.1. The topological polar surface area (TPSA) is 53.0 Å². The number of aliphatic carboxylic acids is 1. The summed E-state index contributed by atoms with van der Waals surface area (Å²) in [7, 11) is 2.15. The van der Waals surface area contributed by atoms with E-state index in [9.17, 15) is 4.79 Å². The standard InChI is InChI=1S/C19H24N2O3S/c1-20-6-2-7-21(9-8-20)12-17-11-15(16-5-10-25-14-16)3-4-18(17)24-13-19(22)23/h3-5,10-11,14H,2,6-9,12-13H2,1H3,(H,22,23). The zero-order valence-corrected chi connectivity index (χ0v) is 15.3. The van der Waals surface area contributed by atoms with Crippen molar-refractivity contribution in [3.63, 3.8) is 0 Å². The molecule has 1 N–H and O–H groups in total. The van der Waals surface area contributed by atoms with Crippen LogP contribution in [0.15, 0.2) is 35.0 Å². The molecule has 3 rings (SSSR count). The van der Waals surface area contributed by atoms with E-state index in [-0.39, 0.29) is 6.61 Å². The highest BCUT2D eigenvalue weighted by Crippen LogP contribution is 2.29. The van der Waals surface area contributed by atoms with Crippen molar-refractivity contribution in [2.75, 3.05) is 39.8 Å². The summed E-state index contributed by atoms with van der Waals surface area (Å²) in [6.07, 6.45) is 1.14. The van der Waals surface area contributed by atoms with Gasteiger partial charge in [0, 0.05) is 25.2 Å². The van der Waals surface area contributed by atoms with Gasteiger partial charge in [0.2, 0.25) is 0 Å². The predicted octanol–water partition coefficient (Wildman–Crippen LogP) is 3.02. The lowest BCUT2D eigenvalue weighted by Gasteiger charge is -2.22. The number of thiophene rings is 1. The lowest BCUT2D eigenvalue weighted by atomic mass is 10.0. The van der Waals surface area contributed by atoms with Crippen molar-refractivity contribution in [2.24, 2.45) is 0 Å². The molecule has 2 heterocycles. The lowest BCUT2D eigenvalue weighted by molar-refractivity contribution is -0.139. The van der Waals surface area contributed by atoms with Gasteiger partial charge in [-0.3, -0.25) is 4.90 Å². The fourth-order valence-corrected chi connectivity index (χ4v) is 3.76. The number of rotatable bonds is 6. The van der Waals surface area contributed by atoms with Crippen molar-refractivity contribution >= 4 is 17.3 Å². The van der Waals surface area contributed by atoms with Crippen molar-refractivity contribution in [1.29, 1.82) is 0 Å². The van der Waals surface area contributed by atoms with Crippen LogP contribution in [0.2, 0.25) is 0 Å². The van der Waals surface area contributed by atoms with Gasteiger partial charge in [-0.15, -0.1) is 0 Å². The van der Waals surface area contributed by atoms with E-state index < -0.39 is 5.97 Å². The maximum atomic E-state index is 10.9. The molecule has 1 saturated heterocycles. The quantitative estimate of drug-likeness (QED) is 0.858. The Bertz CT molecular complexity index is 703. The van der Waals surface area contributed by atoms with E-state index in [1.165, 1.54) is 5.56 Å². The summed E-state index contributed by atoms with van der Waals surface area (Å²) in [6.45, 7) is 4.70. The third-order valence-corrected chi connectivity index (χ3v) is 5.16. The van der Waals surface area contributed by atoms with Crippen LogP contribution in [0, 0.1) is 0 Å². The summed E-state index contributed by atoms with van der Waals surface area (Å²) in [4.78, 5) is 15.6. The molecule has 0 saturated carbocycles. The van der Waals surface area contributed by atoms with Crippen LogP contribution in [0.5, 0.6) is 5.75 Å². The highest BCUT2D eigenvalue weighted by molar-refractivity contribution is 7.08. The molecule has 6 heteroatoms. The fraction of sp³-hybridized carbons (Fsp3) is 0.421. The molecular weight excluding hydrogens is 336 g/mol. The molecule has 1 fully saturated rings. The minimum Gasteiger partial charge on any atom is -0.482 e. The van der Waals surface area contributed by atoms with Crippen LogP contribution in [-0.4, -0.2) is 60.7 Å². The Labute approximate surface area is 152 Å². The summed E-state index contributed by atoms with van der Waals surface area (Å²) < 4.78 is 5.53. The molecule has 1 aromatic carbocycles. The molecule has 0 amide bonds. The van der Waals surface area contributed by atoms with E-state index in [4.69, 9.17) is 9.84 Å². The van der Waals surface area contributed by atoms with E-state index in [0.717, 1.165) is 50.3 Å². The van der Waals surface area contributed by atoms with Gasteiger partial charge < -0.3 is 14.7 Å². The molecule has 0 unspecified atom stereocenters. The van der Waals surface area contributed by atoms with Gasteiger partial charge in [0.25, 0.3) is 0 Å². The van der Waals surface area contributed by atoms with Crippen molar-refractivity contribution in [3.8, 4) is 16.9 Å². The first-order valence-corrected chi connectivity index (χ1v) is 9.47. The number of carboxylic acids is 1. The number of benzene rings is 1. The second kappa shape index (κ2) is 8.47. The summed E-state index contributed by atoms with van der Waals surface area (Å²) in [6, 6.07) is 8.13. The number of carboxylic acid groups (broad SMARTS) is 1. The molecule has 25 heavy (non-hydrogen) atoms. The molecule has 0 aliphatic carbocycles. The fourth-order valence-electron chi connectivity index (χ4n) is 3.09. The molecule has 1 aliphatic rings. The van der Waals surface area contributed by atoms with Crippen LogP contribution in [0.25, 0.3) is 11.1 Å². The minimum absolute atomic E-state index is 0.312. The van der Waals surface area contributed by atoms with Gasteiger partial charge in [-0.05, 0) is 66.6 Å². The first kappa shape index (κ1) is 17.9. The maximum absolute atomic E-state index is 10.9. The molecule has 1 aromatic heterocycles. The van der Waals surface area contributed by atoms with E-state index in [1.54, 1.807) is 11.3 Å². The van der Waals surface area contributed by atoms with Gasteiger partial charge in [0.05, 0.1) is 0 Å². The Morgan fingerprint density at radius 2 is 2.08 bits per heavy atom. The van der Waals surface area contributed by atoms with Crippen molar-refractivity contribution in [1.82, 2.24) is 9.80 Å². The van der Waals surface area contributed by atoms with Crippen LogP contribution in [0.3, 0.4) is 0 Å². The minimum atomic E-state index is -0.954. The van der Waals surface area contributed by atoms with Crippen LogP contribution >= 0.6 is 11.3 Å². The Balaban J connectivity index is 1.81. The number of carbonyl (C=O) groups is 1. The summed E-state index contributed by atoms with van der Waals surface area (Å²) >= 11 is 1.67. The molecule has 134 valence electrons. The largest absolute Gasteiger partial charge is 0.482 e. The molecule has 1 aliphatic heterocycles. The van der Waals surface area contributed by atoms with E-state index in [2.05, 4.69) is 39.7 Å². The Morgan fingerprint density at radius 3 is 2.84 bits per heavy atom. The Morgan fingerprint density at radius 1 is 1.20 bits per heavy atom. The van der Waals surface area contributed by atoms with Gasteiger partial charge in [-0.1, -0.05) is 6.07 Å². The zero-order chi connectivity index (χ0) is 17.6. The zero-order valence-electron chi connectivity index (χ0n) is 14.5. The second-order valence-corrected chi connectivity index (χ2v) is 7.23. The van der Waals surface area contributed by atoms with Gasteiger partial charge >= 0.3 is 5.97 Å². The van der Waals surface area contributed by atoms with Crippen molar-refractivity contribution < 1.29 is 14.6 Å². The number of likely N-dealkylation sites (N-methyl/N-ethyl adjacent to an activating group) is 1. The number of nitrogens with zero attached hydrogens (tertiary/aromatic N) is 2. The van der Waals surface area contributed by atoms with Gasteiger partial charge in [-0.2, -0.15) is 11.3 Å². The van der Waals surface area contributed by atoms with Crippen LogP contribution in [0.1, 0.15) is 12.0 Å². The van der Waals surface area contributed by atoms with Crippen LogP contribution in [0.4, 0.5) is 0 Å². The first-order chi connectivity index (χ1) is 12.1. The van der Waals surface area contributed by atoms with Crippen LogP contribution < -0.4 is 4.74 Å². The van der Waals surface area contributed by atoms with E-state index >= 15 is 0 Å². The van der Waals surface area contributed by atoms with E-state index in [1.807, 2.05) is 12.1 Å². The number of hydrogen-bond donors (Lipinski definition) is 1. The summed E-state index contributed by atoms with van der Waals surface area (Å²) in [5, 5.41) is 13.1. The SMILES string of the molecule is CN1CCCN(Cc2cc(-c3ccsc3)ccc2OCC(=O)O)CC1. The van der Waals surface area contributed by atoms with Gasteiger partial charge in [0.1, 0.15) is 5.75 Å². The van der Waals surface area contributed by atoms with Gasteiger partial charge in [0.15, 0.2) is 6.61 Å². The average molecular weight is 360 g/mol. The molecule has 5 nitrogen and oxygen atoms in total. The third kappa shape index (κ3) is 5.04. The molecule has 0 bridgehead atoms. The van der Waals surface area contributed by atoms with Gasteiger partial charge in [-0.25, -0.2) is 4.79 Å². The van der Waals surface area contributed by atoms with Crippen LogP contribution in [-0.2, 0) is 11.3 Å². The number of ether oxygens (including phenoxy) is 1. The number of hydrogen-bond acceptors (Lipinski definition) is 5. The van der Waals surface area contributed by atoms with Crippen molar-refractivity contribution in [3.05, 3.63) is 40.6 Å². The summed E-state index contributed by atoms with van der Waals surface area (Å²) in [5.74, 6) is -0.289.